The molecule has 0 aliphatic carbocycles. The molecule has 2 unspecified atom stereocenters. The van der Waals surface area contributed by atoms with Gasteiger partial charge in [0.2, 0.25) is 0 Å². The van der Waals surface area contributed by atoms with Gasteiger partial charge in [-0.05, 0) is 12.8 Å². The van der Waals surface area contributed by atoms with E-state index < -0.39 is 0 Å². The highest BCUT2D eigenvalue weighted by Crippen LogP contribution is 2.20. The molecule has 0 radical (unpaired) electrons. The van der Waals surface area contributed by atoms with E-state index >= 15 is 0 Å². The van der Waals surface area contributed by atoms with E-state index in [4.69, 9.17) is 5.11 Å². The van der Waals surface area contributed by atoms with Crippen LogP contribution in [-0.2, 0) is 9.59 Å². The van der Waals surface area contributed by atoms with Crippen LogP contribution < -0.4 is 0 Å². The van der Waals surface area contributed by atoms with Gasteiger partial charge in [-0.15, -0.1) is 0 Å². The van der Waals surface area contributed by atoms with Crippen molar-refractivity contribution >= 4 is 12.6 Å². The highest BCUT2D eigenvalue weighted by atomic mass is 16.3. The second-order valence-corrected chi connectivity index (χ2v) is 2.64. The Balaban J connectivity index is 2.61. The largest absolute Gasteiger partial charge is 0.381 e. The van der Waals surface area contributed by atoms with E-state index in [1.807, 2.05) is 0 Å². The van der Waals surface area contributed by atoms with Crippen LogP contribution in [0.15, 0.2) is 0 Å². The molecule has 0 aromatic carbocycles. The van der Waals surface area contributed by atoms with Gasteiger partial charge in [0.15, 0.2) is 0 Å². The fourth-order valence-corrected chi connectivity index (χ4v) is 1.42. The van der Waals surface area contributed by atoms with Crippen LogP contribution in [0.2, 0.25) is 0 Å². The van der Waals surface area contributed by atoms with Gasteiger partial charge in [-0.3, -0.25) is 4.90 Å². The summed E-state index contributed by atoms with van der Waals surface area (Å²) < 4.78 is 0. The van der Waals surface area contributed by atoms with Crippen molar-refractivity contribution in [2.24, 2.45) is 0 Å². The highest BCUT2D eigenvalue weighted by Gasteiger charge is 2.31. The lowest BCUT2D eigenvalue weighted by molar-refractivity contribution is -0.117. The fourth-order valence-electron chi connectivity index (χ4n) is 1.42. The molecule has 1 aliphatic rings. The van der Waals surface area contributed by atoms with Gasteiger partial charge < -0.3 is 14.7 Å². The third-order valence-electron chi connectivity index (χ3n) is 2.09. The van der Waals surface area contributed by atoms with Crippen molar-refractivity contribution in [2.45, 2.75) is 24.9 Å². The summed E-state index contributed by atoms with van der Waals surface area (Å²) in [5.74, 6) is 0. The summed E-state index contributed by atoms with van der Waals surface area (Å²) in [4.78, 5) is 22.2. The van der Waals surface area contributed by atoms with Crippen molar-refractivity contribution in [1.29, 1.82) is 0 Å². The molecule has 0 spiro atoms. The van der Waals surface area contributed by atoms with Crippen molar-refractivity contribution < 1.29 is 14.7 Å². The van der Waals surface area contributed by atoms with Crippen LogP contribution >= 0.6 is 0 Å². The topological polar surface area (TPSA) is 57.6 Å². The predicted molar refractivity (Wildman–Crippen MR) is 37.9 cm³/mol. The zero-order valence-corrected chi connectivity index (χ0v) is 6.14. The van der Waals surface area contributed by atoms with Crippen LogP contribution in [0.1, 0.15) is 12.8 Å². The first kappa shape index (κ1) is 8.36. The van der Waals surface area contributed by atoms with E-state index in [1.54, 1.807) is 0 Å². The van der Waals surface area contributed by atoms with Gasteiger partial charge in [0, 0.05) is 0 Å². The predicted octanol–water partition coefficient (Wildman–Crippen LogP) is -0.833. The minimum absolute atomic E-state index is 0.215. The molecule has 1 saturated heterocycles. The van der Waals surface area contributed by atoms with Gasteiger partial charge in [0.25, 0.3) is 0 Å². The molecular formula is C7H11NO3. The van der Waals surface area contributed by atoms with Crippen molar-refractivity contribution in [2.75, 3.05) is 6.73 Å². The van der Waals surface area contributed by atoms with Crippen LogP contribution in [0.3, 0.4) is 0 Å². The number of likely N-dealkylation sites (tertiary alicyclic amines) is 1. The van der Waals surface area contributed by atoms with Gasteiger partial charge in [0.1, 0.15) is 12.6 Å². The third-order valence-corrected chi connectivity index (χ3v) is 2.09. The van der Waals surface area contributed by atoms with E-state index in [1.165, 1.54) is 4.90 Å². The zero-order valence-electron chi connectivity index (χ0n) is 6.14. The molecule has 1 rings (SSSR count). The Morgan fingerprint density at radius 1 is 1.27 bits per heavy atom. The Kier molecular flexibility index (Phi) is 2.73. The molecule has 4 nitrogen and oxygen atoms in total. The number of carbonyl (C=O) groups excluding carboxylic acids is 2. The number of nitrogens with zero attached hydrogens (tertiary/aromatic N) is 1. The maximum Gasteiger partial charge on any atom is 0.137 e. The molecular weight excluding hydrogens is 146 g/mol. The first-order valence-corrected chi connectivity index (χ1v) is 3.60. The van der Waals surface area contributed by atoms with Crippen molar-refractivity contribution in [3.8, 4) is 0 Å². The minimum Gasteiger partial charge on any atom is -0.381 e. The number of aliphatic hydroxyl groups is 1. The summed E-state index contributed by atoms with van der Waals surface area (Å²) in [6.07, 6.45) is 2.90. The molecule has 1 heterocycles. The lowest BCUT2D eigenvalue weighted by Gasteiger charge is -2.20. The minimum atomic E-state index is -0.268. The Hall–Kier alpha value is -0.740. The number of rotatable bonds is 3. The fraction of sp³-hybridized carbons (Fsp3) is 0.714. The standard InChI is InChI=1S/C7H11NO3/c9-3-6-1-2-7(4-10)8(6)5-11/h3-4,6-7,11H,1-2,5H2. The van der Waals surface area contributed by atoms with Crippen LogP contribution in [0, 0.1) is 0 Å². The van der Waals surface area contributed by atoms with Crippen LogP contribution in [0.5, 0.6) is 0 Å². The van der Waals surface area contributed by atoms with E-state index in [0.29, 0.717) is 12.8 Å². The van der Waals surface area contributed by atoms with Crippen molar-refractivity contribution in [3.05, 3.63) is 0 Å². The SMILES string of the molecule is O=CC1CCC(C=O)N1CO. The average Bonchev–Trinajstić information content (AvgIpc) is 2.45. The van der Waals surface area contributed by atoms with Gasteiger partial charge in [-0.25, -0.2) is 0 Å². The molecule has 0 amide bonds. The molecule has 1 N–H and O–H groups in total. The molecule has 0 bridgehead atoms. The van der Waals surface area contributed by atoms with E-state index in [0.717, 1.165) is 12.6 Å². The summed E-state index contributed by atoms with van der Waals surface area (Å²) >= 11 is 0. The van der Waals surface area contributed by atoms with Crippen molar-refractivity contribution in [1.82, 2.24) is 4.90 Å². The maximum absolute atomic E-state index is 10.4. The molecule has 1 fully saturated rings. The van der Waals surface area contributed by atoms with E-state index in [9.17, 15) is 9.59 Å². The Morgan fingerprint density at radius 3 is 2.00 bits per heavy atom. The van der Waals surface area contributed by atoms with Crippen LogP contribution in [0.4, 0.5) is 0 Å². The van der Waals surface area contributed by atoms with E-state index in [2.05, 4.69) is 0 Å². The second kappa shape index (κ2) is 3.59. The summed E-state index contributed by atoms with van der Waals surface area (Å²) in [6, 6.07) is -0.537. The molecule has 0 aromatic heterocycles. The molecule has 2 atom stereocenters. The maximum atomic E-state index is 10.4. The lowest BCUT2D eigenvalue weighted by Crippen LogP contribution is -2.38. The summed E-state index contributed by atoms with van der Waals surface area (Å²) in [6.45, 7) is -0.215. The Bertz CT molecular complexity index is 144. The molecule has 0 saturated carbocycles. The number of hydrogen-bond donors (Lipinski definition) is 1. The molecule has 4 heteroatoms. The average molecular weight is 157 g/mol. The Morgan fingerprint density at radius 2 is 1.73 bits per heavy atom. The summed E-state index contributed by atoms with van der Waals surface area (Å²) in [5, 5.41) is 8.78. The van der Waals surface area contributed by atoms with E-state index in [-0.39, 0.29) is 18.8 Å². The first-order valence-electron chi connectivity index (χ1n) is 3.60. The smallest absolute Gasteiger partial charge is 0.137 e. The number of aldehydes is 2. The third kappa shape index (κ3) is 1.46. The second-order valence-electron chi connectivity index (χ2n) is 2.64. The normalized spacial score (nSPS) is 32.1. The summed E-state index contributed by atoms with van der Waals surface area (Å²) in [7, 11) is 0. The number of carbonyl (C=O) groups is 2. The number of hydrogen-bond acceptors (Lipinski definition) is 4. The van der Waals surface area contributed by atoms with Gasteiger partial charge >= 0.3 is 0 Å². The molecule has 11 heavy (non-hydrogen) atoms. The molecule has 62 valence electrons. The zero-order chi connectivity index (χ0) is 8.27. The van der Waals surface area contributed by atoms with Crippen LogP contribution in [-0.4, -0.2) is 41.4 Å². The summed E-state index contributed by atoms with van der Waals surface area (Å²) in [5.41, 5.74) is 0. The highest BCUT2D eigenvalue weighted by molar-refractivity contribution is 5.64. The lowest BCUT2D eigenvalue weighted by atomic mass is 10.2. The van der Waals surface area contributed by atoms with Crippen LogP contribution in [0.25, 0.3) is 0 Å². The Labute approximate surface area is 64.8 Å². The monoisotopic (exact) mass is 157 g/mol. The van der Waals surface area contributed by atoms with Crippen molar-refractivity contribution in [3.63, 3.8) is 0 Å². The molecule has 1 aliphatic heterocycles. The van der Waals surface area contributed by atoms with Gasteiger partial charge in [-0.1, -0.05) is 0 Å². The van der Waals surface area contributed by atoms with Gasteiger partial charge in [0.05, 0.1) is 18.8 Å². The quantitative estimate of drug-likeness (QED) is 0.543. The van der Waals surface area contributed by atoms with Gasteiger partial charge in [-0.2, -0.15) is 0 Å². The molecule has 0 aromatic rings. The number of aliphatic hydroxyl groups excluding tert-OH is 1. The first-order chi connectivity index (χ1) is 5.33.